The van der Waals surface area contributed by atoms with Gasteiger partial charge in [-0.2, -0.15) is 0 Å². The molecule has 10 nitrogen and oxygen atoms in total. The van der Waals surface area contributed by atoms with Crippen molar-refractivity contribution >= 4 is 28.0 Å². The van der Waals surface area contributed by atoms with Gasteiger partial charge in [-0.25, -0.2) is 14.8 Å². The maximum atomic E-state index is 12.0. The number of nitrogen functional groups attached to an aromatic ring is 1. The Balaban J connectivity index is 1.82. The van der Waals surface area contributed by atoms with Crippen molar-refractivity contribution in [1.82, 2.24) is 29.5 Å². The number of rotatable bonds is 3. The molecule has 0 bridgehead atoms. The van der Waals surface area contributed by atoms with Crippen molar-refractivity contribution in [2.24, 2.45) is 12.8 Å². The van der Waals surface area contributed by atoms with Gasteiger partial charge in [-0.1, -0.05) is 0 Å². The average Bonchev–Trinajstić information content (AvgIpc) is 3.23. The number of imidazole rings is 2. The topological polar surface area (TPSA) is 162 Å². The second kappa shape index (κ2) is 5.41. The van der Waals surface area contributed by atoms with Gasteiger partial charge in [-0.15, -0.1) is 0 Å². The van der Waals surface area contributed by atoms with E-state index in [-0.39, 0.29) is 22.9 Å². The molecule has 10 heteroatoms. The molecule has 1 aromatic carbocycles. The van der Waals surface area contributed by atoms with Crippen LogP contribution in [0, 0.1) is 5.41 Å². The SMILES string of the molecule is CC(c1nc2ccc(C(=N)N)cc2[nH]1)c1nc2c([nH]1)c(=O)[nH]c(=O)n2C. The van der Waals surface area contributed by atoms with Crippen molar-refractivity contribution in [2.75, 3.05) is 0 Å². The quantitative estimate of drug-likeness (QED) is 0.263. The number of hydrogen-bond acceptors (Lipinski definition) is 5. The van der Waals surface area contributed by atoms with Gasteiger partial charge in [-0.05, 0) is 25.1 Å². The van der Waals surface area contributed by atoms with Crippen LogP contribution >= 0.6 is 0 Å². The van der Waals surface area contributed by atoms with Crippen LogP contribution in [0.5, 0.6) is 0 Å². The number of nitrogens with zero attached hydrogens (tertiary/aromatic N) is 3. The van der Waals surface area contributed by atoms with E-state index < -0.39 is 11.2 Å². The van der Waals surface area contributed by atoms with E-state index in [4.69, 9.17) is 11.1 Å². The van der Waals surface area contributed by atoms with Crippen LogP contribution in [0.1, 0.15) is 30.1 Å². The predicted molar refractivity (Wildman–Crippen MR) is 96.6 cm³/mol. The third-order valence-electron chi connectivity index (χ3n) is 4.40. The zero-order valence-corrected chi connectivity index (χ0v) is 14.0. The third kappa shape index (κ3) is 2.31. The first-order valence-corrected chi connectivity index (χ1v) is 7.88. The molecule has 0 aliphatic heterocycles. The predicted octanol–water partition coefficient (Wildman–Crippen LogP) is 0.262. The molecule has 0 spiro atoms. The summed E-state index contributed by atoms with van der Waals surface area (Å²) in [6.07, 6.45) is 0. The normalized spacial score (nSPS) is 12.7. The maximum Gasteiger partial charge on any atom is 0.329 e. The molecule has 1 unspecified atom stereocenters. The first-order chi connectivity index (χ1) is 12.3. The van der Waals surface area contributed by atoms with E-state index in [1.807, 2.05) is 6.92 Å². The minimum atomic E-state index is -0.520. The van der Waals surface area contributed by atoms with E-state index >= 15 is 0 Å². The summed E-state index contributed by atoms with van der Waals surface area (Å²) in [5.74, 6) is 0.859. The van der Waals surface area contributed by atoms with Gasteiger partial charge >= 0.3 is 5.69 Å². The number of amidine groups is 1. The molecule has 4 rings (SSSR count). The van der Waals surface area contributed by atoms with Crippen LogP contribution in [-0.2, 0) is 7.05 Å². The summed E-state index contributed by atoms with van der Waals surface area (Å²) in [7, 11) is 1.54. The monoisotopic (exact) mass is 352 g/mol. The molecule has 26 heavy (non-hydrogen) atoms. The smallest absolute Gasteiger partial charge is 0.329 e. The lowest BCUT2D eigenvalue weighted by atomic mass is 10.1. The molecule has 1 atom stereocenters. The average molecular weight is 352 g/mol. The molecule has 0 radical (unpaired) electrons. The van der Waals surface area contributed by atoms with Gasteiger partial charge in [0.1, 0.15) is 23.0 Å². The lowest BCUT2D eigenvalue weighted by molar-refractivity contribution is 0.783. The number of aromatic nitrogens is 6. The Labute approximate surface area is 145 Å². The number of nitrogens with two attached hydrogens (primary N) is 1. The summed E-state index contributed by atoms with van der Waals surface area (Å²) in [6, 6.07) is 5.27. The van der Waals surface area contributed by atoms with Gasteiger partial charge in [-0.3, -0.25) is 19.8 Å². The molecule has 0 fully saturated rings. The first-order valence-electron chi connectivity index (χ1n) is 7.88. The summed E-state index contributed by atoms with van der Waals surface area (Å²) >= 11 is 0. The van der Waals surface area contributed by atoms with Gasteiger partial charge in [0, 0.05) is 12.6 Å². The van der Waals surface area contributed by atoms with Gasteiger partial charge in [0.25, 0.3) is 5.56 Å². The highest BCUT2D eigenvalue weighted by Crippen LogP contribution is 2.23. The summed E-state index contributed by atoms with van der Waals surface area (Å²) in [4.78, 5) is 41.0. The zero-order chi connectivity index (χ0) is 18.6. The van der Waals surface area contributed by atoms with E-state index in [0.29, 0.717) is 17.2 Å². The minimum absolute atomic E-state index is 0.0199. The van der Waals surface area contributed by atoms with Crippen LogP contribution in [0.2, 0.25) is 0 Å². The van der Waals surface area contributed by atoms with Crippen molar-refractivity contribution in [1.29, 1.82) is 5.41 Å². The fourth-order valence-corrected chi connectivity index (χ4v) is 2.86. The number of H-pyrrole nitrogens is 3. The van der Waals surface area contributed by atoms with Crippen LogP contribution in [-0.4, -0.2) is 35.3 Å². The number of nitrogens with one attached hydrogen (secondary N) is 4. The maximum absolute atomic E-state index is 12.0. The molecule has 6 N–H and O–H groups in total. The summed E-state index contributed by atoms with van der Waals surface area (Å²) in [5.41, 5.74) is 7.11. The molecule has 0 amide bonds. The molecular weight excluding hydrogens is 336 g/mol. The second-order valence-corrected chi connectivity index (χ2v) is 6.13. The minimum Gasteiger partial charge on any atom is -0.384 e. The molecule has 3 aromatic heterocycles. The number of benzene rings is 1. The van der Waals surface area contributed by atoms with Gasteiger partial charge in [0.2, 0.25) is 0 Å². The lowest BCUT2D eigenvalue weighted by Gasteiger charge is -2.03. The highest BCUT2D eigenvalue weighted by molar-refractivity contribution is 5.97. The van der Waals surface area contributed by atoms with E-state index in [1.165, 1.54) is 4.57 Å². The van der Waals surface area contributed by atoms with Crippen LogP contribution in [0.25, 0.3) is 22.2 Å². The Hall–Kier alpha value is -3.69. The lowest BCUT2D eigenvalue weighted by Crippen LogP contribution is -2.28. The van der Waals surface area contributed by atoms with Crippen molar-refractivity contribution in [3.63, 3.8) is 0 Å². The van der Waals surface area contributed by atoms with E-state index in [0.717, 1.165) is 11.0 Å². The molecule has 0 saturated carbocycles. The Morgan fingerprint density at radius 2 is 1.92 bits per heavy atom. The fourth-order valence-electron chi connectivity index (χ4n) is 2.86. The fraction of sp³-hybridized carbons (Fsp3) is 0.188. The van der Waals surface area contributed by atoms with E-state index in [9.17, 15) is 9.59 Å². The van der Waals surface area contributed by atoms with E-state index in [2.05, 4.69) is 24.9 Å². The molecule has 0 aliphatic rings. The van der Waals surface area contributed by atoms with Crippen LogP contribution in [0.15, 0.2) is 27.8 Å². The first kappa shape index (κ1) is 15.8. The van der Waals surface area contributed by atoms with Gasteiger partial charge in [0.05, 0.1) is 17.0 Å². The summed E-state index contributed by atoms with van der Waals surface area (Å²) < 4.78 is 1.28. The molecular formula is C16H16N8O2. The largest absolute Gasteiger partial charge is 0.384 e. The van der Waals surface area contributed by atoms with Crippen molar-refractivity contribution in [3.8, 4) is 0 Å². The third-order valence-corrected chi connectivity index (χ3v) is 4.40. The number of aromatic amines is 3. The van der Waals surface area contributed by atoms with E-state index in [1.54, 1.807) is 25.2 Å². The number of fused-ring (bicyclic) bond motifs is 2. The molecule has 4 aromatic rings. The van der Waals surface area contributed by atoms with Gasteiger partial charge < -0.3 is 15.7 Å². The molecule has 0 aliphatic carbocycles. The standard InChI is InChI=1S/C16H16N8O2/c1-6(12-19-8-4-3-7(11(17)18)5-9(8)20-12)13-21-10-14(22-13)24(2)16(26)23-15(10)25/h3-6H,1-2H3,(H3,17,18)(H,19,20)(H,21,22)(H,23,25,26). The zero-order valence-electron chi connectivity index (χ0n) is 14.0. The van der Waals surface area contributed by atoms with Crippen LogP contribution < -0.4 is 17.0 Å². The van der Waals surface area contributed by atoms with Crippen LogP contribution in [0.4, 0.5) is 0 Å². The second-order valence-electron chi connectivity index (χ2n) is 6.13. The Bertz CT molecular complexity index is 1290. The van der Waals surface area contributed by atoms with Gasteiger partial charge in [0.15, 0.2) is 5.65 Å². The highest BCUT2D eigenvalue weighted by Gasteiger charge is 2.19. The van der Waals surface area contributed by atoms with Crippen molar-refractivity contribution in [3.05, 3.63) is 56.2 Å². The molecule has 132 valence electrons. The molecule has 0 saturated heterocycles. The number of hydrogen-bond donors (Lipinski definition) is 5. The Morgan fingerprint density at radius 1 is 1.19 bits per heavy atom. The van der Waals surface area contributed by atoms with Crippen molar-refractivity contribution < 1.29 is 0 Å². The highest BCUT2D eigenvalue weighted by atomic mass is 16.2. The summed E-state index contributed by atoms with van der Waals surface area (Å²) in [6.45, 7) is 1.88. The number of aryl methyl sites for hydroxylation is 1. The van der Waals surface area contributed by atoms with Crippen molar-refractivity contribution in [2.45, 2.75) is 12.8 Å². The summed E-state index contributed by atoms with van der Waals surface area (Å²) in [5, 5.41) is 7.52. The van der Waals surface area contributed by atoms with Crippen LogP contribution in [0.3, 0.4) is 0 Å². The molecule has 3 heterocycles. The Morgan fingerprint density at radius 3 is 2.65 bits per heavy atom. The Kier molecular flexibility index (Phi) is 3.29.